The van der Waals surface area contributed by atoms with Crippen molar-refractivity contribution in [3.63, 3.8) is 0 Å². The van der Waals surface area contributed by atoms with Crippen LogP contribution in [0, 0.1) is 12.3 Å². The number of nitrogens with one attached hydrogen (secondary N) is 1. The predicted octanol–water partition coefficient (Wildman–Crippen LogP) is 1.70. The van der Waals surface area contributed by atoms with E-state index in [1.54, 1.807) is 6.20 Å². The van der Waals surface area contributed by atoms with Crippen molar-refractivity contribution in [3.8, 4) is 0 Å². The molecule has 0 bridgehead atoms. The van der Waals surface area contributed by atoms with E-state index in [-0.39, 0.29) is 11.7 Å². The summed E-state index contributed by atoms with van der Waals surface area (Å²) in [6.45, 7) is 2.31. The molecule has 1 heterocycles. The van der Waals surface area contributed by atoms with Crippen LogP contribution in [-0.4, -0.2) is 21.9 Å². The molecule has 0 unspecified atom stereocenters. The Hall–Kier alpha value is -2.11. The second kappa shape index (κ2) is 6.56. The maximum Gasteiger partial charge on any atom is 0.234 e. The van der Waals surface area contributed by atoms with Gasteiger partial charge < -0.3 is 16.3 Å². The minimum atomic E-state index is -0.879. The summed E-state index contributed by atoms with van der Waals surface area (Å²) in [5.74, 6) is -0.167. The molecule has 1 amide bonds. The van der Waals surface area contributed by atoms with Crippen LogP contribution >= 0.6 is 0 Å². The number of carbonyl (C=O) groups is 1. The second-order valence-corrected chi connectivity index (χ2v) is 5.58. The lowest BCUT2D eigenvalue weighted by Gasteiger charge is -2.34. The number of hydrogen-bond acceptors (Lipinski definition) is 4. The molecule has 21 heavy (non-hydrogen) atoms. The van der Waals surface area contributed by atoms with Gasteiger partial charge in [0.25, 0.3) is 0 Å². The molecule has 0 aliphatic heterocycles. The van der Waals surface area contributed by atoms with Crippen molar-refractivity contribution in [3.05, 3.63) is 29.6 Å². The first-order valence-corrected chi connectivity index (χ1v) is 7.27. The van der Waals surface area contributed by atoms with Crippen molar-refractivity contribution in [2.75, 3.05) is 0 Å². The predicted molar refractivity (Wildman–Crippen MR) is 79.7 cm³/mol. The number of hydrogen-bond donors (Lipinski definition) is 3. The molecule has 6 heteroatoms. The Morgan fingerprint density at radius 2 is 2.19 bits per heavy atom. The zero-order valence-electron chi connectivity index (χ0n) is 12.3. The van der Waals surface area contributed by atoms with Gasteiger partial charge in [-0.2, -0.15) is 0 Å². The largest absolute Gasteiger partial charge is 0.409 e. The van der Waals surface area contributed by atoms with E-state index in [1.807, 2.05) is 19.1 Å². The summed E-state index contributed by atoms with van der Waals surface area (Å²) in [5.41, 5.74) is 6.78. The quantitative estimate of drug-likeness (QED) is 0.340. The van der Waals surface area contributed by atoms with Crippen LogP contribution < -0.4 is 11.1 Å². The smallest absolute Gasteiger partial charge is 0.234 e. The van der Waals surface area contributed by atoms with Crippen LogP contribution in [0.2, 0.25) is 0 Å². The van der Waals surface area contributed by atoms with Crippen LogP contribution in [0.3, 0.4) is 0 Å². The van der Waals surface area contributed by atoms with Crippen LogP contribution in [0.5, 0.6) is 0 Å². The SMILES string of the molecule is Cc1cccnc1CNC(=O)C1(C(N)=NO)CCCCC1. The molecule has 6 nitrogen and oxygen atoms in total. The highest BCUT2D eigenvalue weighted by Crippen LogP contribution is 2.36. The van der Waals surface area contributed by atoms with Gasteiger partial charge in [0.15, 0.2) is 5.84 Å². The van der Waals surface area contributed by atoms with E-state index >= 15 is 0 Å². The number of nitrogens with zero attached hydrogens (tertiary/aromatic N) is 2. The van der Waals surface area contributed by atoms with Gasteiger partial charge in [0.1, 0.15) is 5.41 Å². The molecule has 1 fully saturated rings. The van der Waals surface area contributed by atoms with E-state index in [0.29, 0.717) is 19.4 Å². The standard InChI is InChI=1S/C15H22N4O2/c1-11-6-5-9-17-12(11)10-18-14(20)15(13(16)19-21)7-3-2-4-8-15/h5-6,9,21H,2-4,7-8,10H2,1H3,(H2,16,19)(H,18,20). The summed E-state index contributed by atoms with van der Waals surface area (Å²) in [5, 5.41) is 15.0. The van der Waals surface area contributed by atoms with Gasteiger partial charge in [-0.15, -0.1) is 0 Å². The van der Waals surface area contributed by atoms with Gasteiger partial charge in [-0.25, -0.2) is 0 Å². The first-order chi connectivity index (χ1) is 10.1. The maximum atomic E-state index is 12.6. The molecule has 2 rings (SSSR count). The van der Waals surface area contributed by atoms with Crippen LogP contribution in [0.15, 0.2) is 23.5 Å². The molecule has 1 aliphatic rings. The van der Waals surface area contributed by atoms with Crippen molar-refractivity contribution in [2.45, 2.75) is 45.6 Å². The summed E-state index contributed by atoms with van der Waals surface area (Å²) >= 11 is 0. The minimum absolute atomic E-state index is 0.0115. The van der Waals surface area contributed by atoms with Crippen molar-refractivity contribution in [1.29, 1.82) is 0 Å². The summed E-state index contributed by atoms with van der Waals surface area (Å²) in [4.78, 5) is 16.9. The molecule has 114 valence electrons. The molecular formula is C15H22N4O2. The van der Waals surface area contributed by atoms with Crippen molar-refractivity contribution in [2.24, 2.45) is 16.3 Å². The van der Waals surface area contributed by atoms with E-state index in [0.717, 1.165) is 30.5 Å². The lowest BCUT2D eigenvalue weighted by molar-refractivity contribution is -0.129. The number of oxime groups is 1. The Morgan fingerprint density at radius 1 is 1.48 bits per heavy atom. The molecule has 0 saturated heterocycles. The topological polar surface area (TPSA) is 101 Å². The zero-order chi connectivity index (χ0) is 15.3. The highest BCUT2D eigenvalue weighted by molar-refractivity contribution is 6.06. The first kappa shape index (κ1) is 15.3. The molecule has 1 aromatic heterocycles. The molecule has 0 radical (unpaired) electrons. The molecule has 4 N–H and O–H groups in total. The molecule has 1 aliphatic carbocycles. The number of aromatic nitrogens is 1. The third kappa shape index (κ3) is 3.15. The fourth-order valence-corrected chi connectivity index (χ4v) is 2.89. The lowest BCUT2D eigenvalue weighted by Crippen LogP contribution is -2.50. The van der Waals surface area contributed by atoms with Crippen LogP contribution in [0.25, 0.3) is 0 Å². The molecular weight excluding hydrogens is 268 g/mol. The lowest BCUT2D eigenvalue weighted by atomic mass is 9.72. The first-order valence-electron chi connectivity index (χ1n) is 7.27. The third-order valence-corrected chi connectivity index (χ3v) is 4.27. The normalized spacial score (nSPS) is 18.2. The summed E-state index contributed by atoms with van der Waals surface area (Å²) in [6, 6.07) is 3.81. The fourth-order valence-electron chi connectivity index (χ4n) is 2.89. The summed E-state index contributed by atoms with van der Waals surface area (Å²) in [6.07, 6.45) is 5.84. The van der Waals surface area contributed by atoms with E-state index in [2.05, 4.69) is 15.5 Å². The highest BCUT2D eigenvalue weighted by Gasteiger charge is 2.43. The van der Waals surface area contributed by atoms with Gasteiger partial charge in [-0.05, 0) is 31.4 Å². The van der Waals surface area contributed by atoms with Gasteiger partial charge in [0.2, 0.25) is 5.91 Å². The van der Waals surface area contributed by atoms with Gasteiger partial charge in [-0.1, -0.05) is 30.5 Å². The Bertz CT molecular complexity index is 536. The zero-order valence-corrected chi connectivity index (χ0v) is 12.3. The summed E-state index contributed by atoms with van der Waals surface area (Å²) in [7, 11) is 0. The number of amidine groups is 1. The number of carbonyl (C=O) groups excluding carboxylic acids is 1. The molecule has 0 atom stereocenters. The molecule has 1 aromatic rings. The van der Waals surface area contributed by atoms with Crippen LogP contribution in [-0.2, 0) is 11.3 Å². The minimum Gasteiger partial charge on any atom is -0.409 e. The average Bonchev–Trinajstić information content (AvgIpc) is 2.53. The van der Waals surface area contributed by atoms with E-state index in [1.165, 1.54) is 0 Å². The number of nitrogens with two attached hydrogens (primary N) is 1. The van der Waals surface area contributed by atoms with Gasteiger partial charge in [0.05, 0.1) is 12.2 Å². The maximum absolute atomic E-state index is 12.6. The molecule has 1 saturated carbocycles. The van der Waals surface area contributed by atoms with Crippen LogP contribution in [0.1, 0.15) is 43.4 Å². The number of rotatable bonds is 4. The monoisotopic (exact) mass is 290 g/mol. The number of amides is 1. The Kier molecular flexibility index (Phi) is 4.77. The van der Waals surface area contributed by atoms with Gasteiger partial charge in [0, 0.05) is 6.20 Å². The van der Waals surface area contributed by atoms with Gasteiger partial charge in [-0.3, -0.25) is 9.78 Å². The molecule has 0 aromatic carbocycles. The number of pyridine rings is 1. The average molecular weight is 290 g/mol. The van der Waals surface area contributed by atoms with Crippen molar-refractivity contribution in [1.82, 2.24) is 10.3 Å². The molecule has 0 spiro atoms. The summed E-state index contributed by atoms with van der Waals surface area (Å²) < 4.78 is 0. The van der Waals surface area contributed by atoms with E-state index in [9.17, 15) is 4.79 Å². The second-order valence-electron chi connectivity index (χ2n) is 5.58. The van der Waals surface area contributed by atoms with E-state index in [4.69, 9.17) is 10.9 Å². The third-order valence-electron chi connectivity index (χ3n) is 4.27. The van der Waals surface area contributed by atoms with Crippen LogP contribution in [0.4, 0.5) is 0 Å². The van der Waals surface area contributed by atoms with Crippen molar-refractivity contribution < 1.29 is 10.0 Å². The Labute approximate surface area is 124 Å². The Morgan fingerprint density at radius 3 is 2.81 bits per heavy atom. The van der Waals surface area contributed by atoms with Gasteiger partial charge >= 0.3 is 0 Å². The number of aryl methyl sites for hydroxylation is 1. The van der Waals surface area contributed by atoms with E-state index < -0.39 is 5.41 Å². The highest BCUT2D eigenvalue weighted by atomic mass is 16.4. The Balaban J connectivity index is 2.11. The fraction of sp³-hybridized carbons (Fsp3) is 0.533. The van der Waals surface area contributed by atoms with Crippen molar-refractivity contribution >= 4 is 11.7 Å².